The molecule has 0 saturated carbocycles. The van der Waals surface area contributed by atoms with E-state index < -0.39 is 0 Å². The number of hydrazine groups is 1. The lowest BCUT2D eigenvalue weighted by molar-refractivity contribution is 0.471. The lowest BCUT2D eigenvalue weighted by Crippen LogP contribution is -2.45. The molecule has 1 fully saturated rings. The number of nitrogens with one attached hydrogen (secondary N) is 1. The summed E-state index contributed by atoms with van der Waals surface area (Å²) in [6.07, 6.45) is 4.58. The van der Waals surface area contributed by atoms with Crippen molar-refractivity contribution in [3.8, 4) is 0 Å². The highest BCUT2D eigenvalue weighted by atomic mass is 32.2. The van der Waals surface area contributed by atoms with Gasteiger partial charge in [0, 0.05) is 11.3 Å². The van der Waals surface area contributed by atoms with Gasteiger partial charge in [-0.3, -0.25) is 11.3 Å². The number of hydrogen-bond acceptors (Lipinski definition) is 3. The fraction of sp³-hybridized carbons (Fsp3) is 0.538. The van der Waals surface area contributed by atoms with Crippen molar-refractivity contribution in [2.45, 2.75) is 37.0 Å². The highest BCUT2D eigenvalue weighted by Crippen LogP contribution is 2.28. The summed E-state index contributed by atoms with van der Waals surface area (Å²) in [5.74, 6) is 6.68. The van der Waals surface area contributed by atoms with Gasteiger partial charge in [-0.15, -0.1) is 0 Å². The van der Waals surface area contributed by atoms with Crippen molar-refractivity contribution in [2.24, 2.45) is 5.84 Å². The number of hydrogen-bond donors (Lipinski definition) is 2. The first-order valence-corrected chi connectivity index (χ1v) is 7.16. The van der Waals surface area contributed by atoms with E-state index in [2.05, 4.69) is 5.43 Å². The summed E-state index contributed by atoms with van der Waals surface area (Å²) < 4.78 is 13.1. The molecule has 2 rings (SSSR count). The molecule has 1 heterocycles. The van der Waals surface area contributed by atoms with Gasteiger partial charge in [-0.05, 0) is 42.7 Å². The van der Waals surface area contributed by atoms with Crippen molar-refractivity contribution in [3.63, 3.8) is 0 Å². The van der Waals surface area contributed by atoms with Crippen LogP contribution in [0.2, 0.25) is 0 Å². The third-order valence-electron chi connectivity index (χ3n) is 3.22. The van der Waals surface area contributed by atoms with Gasteiger partial charge in [-0.25, -0.2) is 4.39 Å². The van der Waals surface area contributed by atoms with E-state index >= 15 is 0 Å². The summed E-state index contributed by atoms with van der Waals surface area (Å²) in [7, 11) is 0. The van der Waals surface area contributed by atoms with Crippen LogP contribution in [0.4, 0.5) is 4.39 Å². The Morgan fingerprint density at radius 2 is 2.35 bits per heavy atom. The van der Waals surface area contributed by atoms with Crippen LogP contribution in [0.3, 0.4) is 0 Å². The molecule has 94 valence electrons. The van der Waals surface area contributed by atoms with Crippen LogP contribution in [0.25, 0.3) is 0 Å². The van der Waals surface area contributed by atoms with Crippen molar-refractivity contribution < 1.29 is 4.39 Å². The molecule has 1 aromatic carbocycles. The first-order chi connectivity index (χ1) is 8.29. The van der Waals surface area contributed by atoms with Crippen LogP contribution in [-0.4, -0.2) is 17.0 Å². The van der Waals surface area contributed by atoms with E-state index in [4.69, 9.17) is 5.84 Å². The van der Waals surface area contributed by atoms with Gasteiger partial charge in [-0.2, -0.15) is 11.8 Å². The van der Waals surface area contributed by atoms with Gasteiger partial charge in [0.25, 0.3) is 0 Å². The molecule has 0 amide bonds. The molecule has 0 radical (unpaired) electrons. The minimum absolute atomic E-state index is 0.172. The van der Waals surface area contributed by atoms with Gasteiger partial charge < -0.3 is 0 Å². The molecule has 17 heavy (non-hydrogen) atoms. The predicted molar refractivity (Wildman–Crippen MR) is 71.3 cm³/mol. The highest BCUT2D eigenvalue weighted by molar-refractivity contribution is 8.00. The number of rotatable bonds is 4. The minimum Gasteiger partial charge on any atom is -0.271 e. The van der Waals surface area contributed by atoms with Crippen LogP contribution in [0.1, 0.15) is 24.8 Å². The maximum absolute atomic E-state index is 13.1. The standard InChI is InChI=1S/C13H19FN2S/c14-11-5-3-4-10(8-11)9-12(16-15)13-6-1-2-7-17-13/h3-5,8,12-13,16H,1-2,6-7,9,15H2. The average Bonchev–Trinajstić information content (AvgIpc) is 2.37. The largest absolute Gasteiger partial charge is 0.271 e. The minimum atomic E-state index is -0.172. The summed E-state index contributed by atoms with van der Waals surface area (Å²) in [6.45, 7) is 0. The first kappa shape index (κ1) is 12.9. The molecular weight excluding hydrogens is 235 g/mol. The van der Waals surface area contributed by atoms with Crippen molar-refractivity contribution in [3.05, 3.63) is 35.6 Å². The molecule has 0 aliphatic carbocycles. The van der Waals surface area contributed by atoms with Crippen molar-refractivity contribution in [1.82, 2.24) is 5.43 Å². The Morgan fingerprint density at radius 3 is 3.00 bits per heavy atom. The van der Waals surface area contributed by atoms with E-state index in [1.807, 2.05) is 17.8 Å². The highest BCUT2D eigenvalue weighted by Gasteiger charge is 2.23. The number of nitrogens with two attached hydrogens (primary N) is 1. The number of halogens is 1. The maximum atomic E-state index is 13.1. The van der Waals surface area contributed by atoms with Crippen molar-refractivity contribution in [2.75, 3.05) is 5.75 Å². The third kappa shape index (κ3) is 3.69. The van der Waals surface area contributed by atoms with Crippen LogP contribution >= 0.6 is 11.8 Å². The molecule has 2 unspecified atom stereocenters. The zero-order valence-corrected chi connectivity index (χ0v) is 10.7. The van der Waals surface area contributed by atoms with Gasteiger partial charge in [-0.1, -0.05) is 18.6 Å². The summed E-state index contributed by atoms with van der Waals surface area (Å²) in [5.41, 5.74) is 3.91. The molecule has 1 aromatic rings. The summed E-state index contributed by atoms with van der Waals surface area (Å²) in [6, 6.07) is 7.02. The molecule has 0 aromatic heterocycles. The fourth-order valence-electron chi connectivity index (χ4n) is 2.30. The normalized spacial score (nSPS) is 22.4. The SMILES string of the molecule is NNC(Cc1cccc(F)c1)C1CCCCS1. The Morgan fingerprint density at radius 1 is 1.47 bits per heavy atom. The Bertz CT molecular complexity index is 353. The molecular formula is C13H19FN2S. The molecule has 0 spiro atoms. The van der Waals surface area contributed by atoms with Crippen LogP contribution in [-0.2, 0) is 6.42 Å². The van der Waals surface area contributed by atoms with E-state index in [1.165, 1.54) is 31.1 Å². The van der Waals surface area contributed by atoms with Crippen molar-refractivity contribution in [1.29, 1.82) is 0 Å². The van der Waals surface area contributed by atoms with Crippen molar-refractivity contribution >= 4 is 11.8 Å². The van der Waals surface area contributed by atoms with E-state index in [9.17, 15) is 4.39 Å². The van der Waals surface area contributed by atoms with Gasteiger partial charge in [0.05, 0.1) is 0 Å². The summed E-state index contributed by atoms with van der Waals surface area (Å²) in [5, 5.41) is 0.553. The molecule has 3 N–H and O–H groups in total. The second-order valence-electron chi connectivity index (χ2n) is 4.51. The lowest BCUT2D eigenvalue weighted by Gasteiger charge is -2.29. The van der Waals surface area contributed by atoms with E-state index in [0.717, 1.165) is 12.0 Å². The number of thioether (sulfide) groups is 1. The maximum Gasteiger partial charge on any atom is 0.123 e. The summed E-state index contributed by atoms with van der Waals surface area (Å²) in [4.78, 5) is 0. The lowest BCUT2D eigenvalue weighted by atomic mass is 10.00. The van der Waals surface area contributed by atoms with Gasteiger partial charge >= 0.3 is 0 Å². The van der Waals surface area contributed by atoms with Crippen LogP contribution in [0.15, 0.2) is 24.3 Å². The molecule has 1 aliphatic heterocycles. The smallest absolute Gasteiger partial charge is 0.123 e. The summed E-state index contributed by atoms with van der Waals surface area (Å²) >= 11 is 1.98. The van der Waals surface area contributed by atoms with Crippen LogP contribution in [0.5, 0.6) is 0 Å². The predicted octanol–water partition coefficient (Wildman–Crippen LogP) is 2.49. The average molecular weight is 254 g/mol. The Hall–Kier alpha value is -0.580. The van der Waals surface area contributed by atoms with Crippen LogP contribution in [0, 0.1) is 5.82 Å². The molecule has 1 saturated heterocycles. The van der Waals surface area contributed by atoms with Gasteiger partial charge in [0.15, 0.2) is 0 Å². The Kier molecular flexibility index (Phi) is 4.83. The first-order valence-electron chi connectivity index (χ1n) is 6.12. The number of benzene rings is 1. The topological polar surface area (TPSA) is 38.0 Å². The Labute approximate surface area is 106 Å². The van der Waals surface area contributed by atoms with Gasteiger partial charge in [0.2, 0.25) is 0 Å². The molecule has 2 atom stereocenters. The van der Waals surface area contributed by atoms with E-state index in [-0.39, 0.29) is 11.9 Å². The quantitative estimate of drug-likeness (QED) is 0.640. The second-order valence-corrected chi connectivity index (χ2v) is 5.86. The molecule has 4 heteroatoms. The zero-order valence-electron chi connectivity index (χ0n) is 9.86. The van der Waals surface area contributed by atoms with Crippen LogP contribution < -0.4 is 11.3 Å². The third-order valence-corrected chi connectivity index (χ3v) is 4.74. The van der Waals surface area contributed by atoms with Gasteiger partial charge in [0.1, 0.15) is 5.82 Å². The van der Waals surface area contributed by atoms with E-state index in [0.29, 0.717) is 5.25 Å². The second kappa shape index (κ2) is 6.38. The Balaban J connectivity index is 1.98. The molecule has 2 nitrogen and oxygen atoms in total. The molecule has 1 aliphatic rings. The van der Waals surface area contributed by atoms with E-state index in [1.54, 1.807) is 12.1 Å². The monoisotopic (exact) mass is 254 g/mol. The zero-order chi connectivity index (χ0) is 12.1. The fourth-order valence-corrected chi connectivity index (χ4v) is 3.71. The molecule has 0 bridgehead atoms.